The van der Waals surface area contributed by atoms with Crippen LogP contribution < -0.4 is 9.47 Å². The third-order valence-corrected chi connectivity index (χ3v) is 5.62. The van der Waals surface area contributed by atoms with E-state index in [1.54, 1.807) is 13.8 Å². The summed E-state index contributed by atoms with van der Waals surface area (Å²) in [5, 5.41) is 29.0. The molecule has 0 aliphatic rings. The van der Waals surface area contributed by atoms with Gasteiger partial charge in [0.15, 0.2) is 17.3 Å². The monoisotopic (exact) mass is 440 g/mol. The zero-order valence-corrected chi connectivity index (χ0v) is 18.3. The number of methoxy groups -OCH3 is 2. The Morgan fingerprint density at radius 2 is 1.81 bits per heavy atom. The molecule has 1 N–H and O–H groups in total. The van der Waals surface area contributed by atoms with Crippen LogP contribution in [0.1, 0.15) is 38.2 Å². The Hall–Kier alpha value is -3.82. The standard InChI is InChI=1S/C22H20N2O6S/c1-5-30-22(27)21-12(2)15(11-24)19(31-21)9-16(25)14(10-23)6-13-7-17(28-3)20(26)18(8-13)29-4/h6-8,26H,5,9H2,1-4H3/b14-6+. The second-order valence-corrected chi connectivity index (χ2v) is 7.34. The quantitative estimate of drug-likeness (QED) is 0.375. The maximum Gasteiger partial charge on any atom is 0.348 e. The summed E-state index contributed by atoms with van der Waals surface area (Å²) in [5.74, 6) is -1.04. The van der Waals surface area contributed by atoms with Crippen molar-refractivity contribution < 1.29 is 28.9 Å². The van der Waals surface area contributed by atoms with Crippen LogP contribution in [-0.2, 0) is 16.0 Å². The molecule has 0 unspecified atom stereocenters. The molecule has 0 saturated carbocycles. The molecule has 0 radical (unpaired) electrons. The van der Waals surface area contributed by atoms with Gasteiger partial charge in [-0.2, -0.15) is 10.5 Å². The molecule has 8 nitrogen and oxygen atoms in total. The highest BCUT2D eigenvalue weighted by Crippen LogP contribution is 2.37. The van der Waals surface area contributed by atoms with E-state index in [2.05, 4.69) is 0 Å². The summed E-state index contributed by atoms with van der Waals surface area (Å²) < 4.78 is 15.2. The third-order valence-electron chi connectivity index (χ3n) is 4.35. The van der Waals surface area contributed by atoms with Crippen molar-refractivity contribution in [3.8, 4) is 29.4 Å². The fraction of sp³-hybridized carbons (Fsp3) is 0.273. The minimum Gasteiger partial charge on any atom is -0.502 e. The van der Waals surface area contributed by atoms with E-state index in [1.165, 1.54) is 32.4 Å². The minimum absolute atomic E-state index is 0.120. The number of hydrogen-bond acceptors (Lipinski definition) is 9. The Labute approximate surface area is 183 Å². The normalized spacial score (nSPS) is 10.7. The molecule has 1 aromatic carbocycles. The molecular formula is C22H20N2O6S. The molecule has 160 valence electrons. The number of benzene rings is 1. The van der Waals surface area contributed by atoms with Gasteiger partial charge in [0.2, 0.25) is 5.75 Å². The molecule has 1 aromatic heterocycles. The Kier molecular flexibility index (Phi) is 7.78. The summed E-state index contributed by atoms with van der Waals surface area (Å²) in [7, 11) is 2.73. The second kappa shape index (κ2) is 10.3. The summed E-state index contributed by atoms with van der Waals surface area (Å²) in [6, 6.07) is 6.79. The molecule has 2 rings (SSSR count). The molecule has 0 bridgehead atoms. The number of thiophene rings is 1. The van der Waals surface area contributed by atoms with Gasteiger partial charge in [-0.15, -0.1) is 11.3 Å². The van der Waals surface area contributed by atoms with Crippen molar-refractivity contribution in [2.45, 2.75) is 20.3 Å². The van der Waals surface area contributed by atoms with Crippen LogP contribution in [-0.4, -0.2) is 37.7 Å². The van der Waals surface area contributed by atoms with Gasteiger partial charge in [-0.3, -0.25) is 4.79 Å². The van der Waals surface area contributed by atoms with Gasteiger partial charge >= 0.3 is 5.97 Å². The fourth-order valence-electron chi connectivity index (χ4n) is 2.82. The topological polar surface area (TPSA) is 130 Å². The number of ether oxygens (including phenoxy) is 3. The number of esters is 1. The number of nitriles is 2. The summed E-state index contributed by atoms with van der Waals surface area (Å²) in [4.78, 5) is 25.5. The minimum atomic E-state index is -0.556. The number of rotatable bonds is 8. The van der Waals surface area contributed by atoms with Gasteiger partial charge < -0.3 is 19.3 Å². The van der Waals surface area contributed by atoms with E-state index >= 15 is 0 Å². The zero-order chi connectivity index (χ0) is 23.1. The molecule has 2 aromatic rings. The number of allylic oxidation sites excluding steroid dienone is 1. The molecule has 9 heteroatoms. The number of aromatic hydroxyl groups is 1. The van der Waals surface area contributed by atoms with Crippen LogP contribution in [0.4, 0.5) is 0 Å². The van der Waals surface area contributed by atoms with E-state index in [9.17, 15) is 25.2 Å². The number of carbonyl (C=O) groups excluding carboxylic acids is 2. The van der Waals surface area contributed by atoms with Gasteiger partial charge in [-0.05, 0) is 43.2 Å². The predicted octanol–water partition coefficient (Wildman–Crippen LogP) is 3.55. The number of phenols is 1. The van der Waals surface area contributed by atoms with Gasteiger partial charge in [0.05, 0.1) is 32.0 Å². The SMILES string of the molecule is CCOC(=O)c1sc(CC(=O)/C(C#N)=C/c2cc(OC)c(O)c(OC)c2)c(C#N)c1C. The fourth-order valence-corrected chi connectivity index (χ4v) is 3.96. The van der Waals surface area contributed by atoms with Crippen LogP contribution in [0, 0.1) is 29.6 Å². The highest BCUT2D eigenvalue weighted by Gasteiger charge is 2.23. The molecule has 0 atom stereocenters. The molecule has 0 amide bonds. The number of nitrogens with zero attached hydrogens (tertiary/aromatic N) is 2. The van der Waals surface area contributed by atoms with Crippen molar-refractivity contribution in [3.05, 3.63) is 44.2 Å². The predicted molar refractivity (Wildman–Crippen MR) is 113 cm³/mol. The molecule has 0 saturated heterocycles. The lowest BCUT2D eigenvalue weighted by Crippen LogP contribution is -2.05. The number of carbonyl (C=O) groups is 2. The van der Waals surface area contributed by atoms with Gasteiger partial charge in [-0.25, -0.2) is 4.79 Å². The van der Waals surface area contributed by atoms with E-state index in [4.69, 9.17) is 14.2 Å². The maximum absolute atomic E-state index is 12.8. The van der Waals surface area contributed by atoms with E-state index in [1.807, 2.05) is 12.1 Å². The Balaban J connectivity index is 2.41. The van der Waals surface area contributed by atoms with Crippen molar-refractivity contribution in [2.75, 3.05) is 20.8 Å². The first-order valence-corrected chi connectivity index (χ1v) is 9.92. The average Bonchev–Trinajstić information content (AvgIpc) is 3.07. The molecule has 0 fully saturated rings. The smallest absolute Gasteiger partial charge is 0.348 e. The lowest BCUT2D eigenvalue weighted by molar-refractivity contribution is -0.114. The molecule has 0 aliphatic carbocycles. The van der Waals surface area contributed by atoms with Gasteiger partial charge in [-0.1, -0.05) is 0 Å². The van der Waals surface area contributed by atoms with Crippen molar-refractivity contribution in [3.63, 3.8) is 0 Å². The van der Waals surface area contributed by atoms with Gasteiger partial charge in [0.25, 0.3) is 0 Å². The van der Waals surface area contributed by atoms with Gasteiger partial charge in [0, 0.05) is 11.3 Å². The summed E-state index contributed by atoms with van der Waals surface area (Å²) >= 11 is 1.01. The largest absolute Gasteiger partial charge is 0.502 e. The van der Waals surface area contributed by atoms with Crippen LogP contribution >= 0.6 is 11.3 Å². The first-order valence-electron chi connectivity index (χ1n) is 9.10. The highest BCUT2D eigenvalue weighted by atomic mass is 32.1. The molecule has 0 spiro atoms. The molecule has 31 heavy (non-hydrogen) atoms. The highest BCUT2D eigenvalue weighted by molar-refractivity contribution is 7.14. The number of hydrogen-bond donors (Lipinski definition) is 1. The molecule has 0 aliphatic heterocycles. The van der Waals surface area contributed by atoms with E-state index < -0.39 is 11.8 Å². The summed E-state index contributed by atoms with van der Waals surface area (Å²) in [6.07, 6.45) is 1.12. The first kappa shape index (κ1) is 23.5. The molecule has 1 heterocycles. The number of Topliss-reactive ketones (excluding diaryl/α,β-unsaturated/α-hetero) is 1. The average molecular weight is 440 g/mol. The van der Waals surface area contributed by atoms with Crippen LogP contribution in [0.5, 0.6) is 17.2 Å². The van der Waals surface area contributed by atoms with E-state index in [0.717, 1.165) is 11.3 Å². The lowest BCUT2D eigenvalue weighted by atomic mass is 10.0. The third kappa shape index (κ3) is 5.03. The zero-order valence-electron chi connectivity index (χ0n) is 17.4. The maximum atomic E-state index is 12.8. The molecular weight excluding hydrogens is 420 g/mol. The Morgan fingerprint density at radius 1 is 1.19 bits per heavy atom. The number of phenolic OH excluding ortho intramolecular Hbond substituents is 1. The summed E-state index contributed by atoms with van der Waals surface area (Å²) in [5.41, 5.74) is 0.921. The van der Waals surface area contributed by atoms with Crippen molar-refractivity contribution in [1.29, 1.82) is 10.5 Å². The summed E-state index contributed by atoms with van der Waals surface area (Å²) in [6.45, 7) is 3.48. The first-order chi connectivity index (χ1) is 14.8. The van der Waals surface area contributed by atoms with Crippen molar-refractivity contribution in [2.24, 2.45) is 0 Å². The van der Waals surface area contributed by atoms with Crippen molar-refractivity contribution >= 4 is 29.2 Å². The van der Waals surface area contributed by atoms with Crippen LogP contribution in [0.3, 0.4) is 0 Å². The van der Waals surface area contributed by atoms with Crippen LogP contribution in [0.15, 0.2) is 17.7 Å². The van der Waals surface area contributed by atoms with Crippen LogP contribution in [0.2, 0.25) is 0 Å². The van der Waals surface area contributed by atoms with Crippen LogP contribution in [0.25, 0.3) is 6.08 Å². The van der Waals surface area contributed by atoms with Gasteiger partial charge in [0.1, 0.15) is 17.0 Å². The lowest BCUT2D eigenvalue weighted by Gasteiger charge is -2.09. The number of ketones is 1. The second-order valence-electron chi connectivity index (χ2n) is 6.23. The van der Waals surface area contributed by atoms with Crippen molar-refractivity contribution in [1.82, 2.24) is 0 Å². The van der Waals surface area contributed by atoms with E-state index in [0.29, 0.717) is 16.0 Å². The Morgan fingerprint density at radius 3 is 2.29 bits per heavy atom. The Bertz CT molecular complexity index is 1110. The van der Waals surface area contributed by atoms with E-state index in [-0.39, 0.29) is 46.3 Å².